The summed E-state index contributed by atoms with van der Waals surface area (Å²) in [6.45, 7) is 6.10. The van der Waals surface area contributed by atoms with Crippen molar-refractivity contribution in [3.05, 3.63) is 47.0 Å². The van der Waals surface area contributed by atoms with Crippen molar-refractivity contribution in [3.8, 4) is 5.75 Å². The van der Waals surface area contributed by atoms with E-state index in [1.807, 2.05) is 13.0 Å². The Morgan fingerprint density at radius 3 is 2.45 bits per heavy atom. The van der Waals surface area contributed by atoms with E-state index >= 15 is 0 Å². The van der Waals surface area contributed by atoms with Crippen LogP contribution in [0.4, 0.5) is 11.4 Å². The minimum absolute atomic E-state index is 0.0165. The fourth-order valence-electron chi connectivity index (χ4n) is 2.83. The first kappa shape index (κ1) is 23.0. The van der Waals surface area contributed by atoms with Crippen molar-refractivity contribution in [1.82, 2.24) is 4.31 Å². The lowest BCUT2D eigenvalue weighted by Gasteiger charge is -2.19. The highest BCUT2D eigenvalue weighted by molar-refractivity contribution is 7.89. The molecule has 0 unspecified atom stereocenters. The number of rotatable bonds is 9. The monoisotopic (exact) mass is 439 g/mol. The molecule has 0 saturated heterocycles. The zero-order valence-electron chi connectivity index (χ0n) is 17.0. The Bertz CT molecular complexity index is 976. The van der Waals surface area contributed by atoms with E-state index in [9.17, 15) is 13.2 Å². The Hall–Kier alpha value is -2.29. The summed E-state index contributed by atoms with van der Waals surface area (Å²) in [6, 6.07) is 9.80. The van der Waals surface area contributed by atoms with Crippen LogP contribution < -0.4 is 15.4 Å². The summed E-state index contributed by atoms with van der Waals surface area (Å²) in [7, 11) is -2.20. The summed E-state index contributed by atoms with van der Waals surface area (Å²) in [6.07, 6.45) is 0. The van der Waals surface area contributed by atoms with Crippen LogP contribution in [0.2, 0.25) is 5.02 Å². The summed E-state index contributed by atoms with van der Waals surface area (Å²) in [5.74, 6) is 0.0239. The summed E-state index contributed by atoms with van der Waals surface area (Å²) < 4.78 is 32.1. The summed E-state index contributed by atoms with van der Waals surface area (Å²) >= 11 is 6.09. The summed E-state index contributed by atoms with van der Waals surface area (Å²) in [5.41, 5.74) is 1.87. The van der Waals surface area contributed by atoms with Gasteiger partial charge in [0.25, 0.3) is 0 Å². The molecule has 1 amide bonds. The van der Waals surface area contributed by atoms with Gasteiger partial charge in [0.05, 0.1) is 24.2 Å². The summed E-state index contributed by atoms with van der Waals surface area (Å²) in [5, 5.41) is 6.34. The van der Waals surface area contributed by atoms with Gasteiger partial charge in [0.2, 0.25) is 15.9 Å². The Balaban J connectivity index is 2.20. The highest BCUT2D eigenvalue weighted by Gasteiger charge is 2.23. The third kappa shape index (κ3) is 5.41. The molecule has 0 spiro atoms. The second-order valence-corrected chi connectivity index (χ2v) is 8.61. The smallest absolute Gasteiger partial charge is 0.243 e. The third-order valence-electron chi connectivity index (χ3n) is 4.50. The molecule has 0 heterocycles. The van der Waals surface area contributed by atoms with Crippen molar-refractivity contribution < 1.29 is 17.9 Å². The Labute approximate surface area is 177 Å². The van der Waals surface area contributed by atoms with Gasteiger partial charge in [-0.15, -0.1) is 0 Å². The van der Waals surface area contributed by atoms with E-state index in [2.05, 4.69) is 10.6 Å². The number of sulfonamides is 1. The van der Waals surface area contributed by atoms with Gasteiger partial charge < -0.3 is 15.4 Å². The lowest BCUT2D eigenvalue weighted by Crippen LogP contribution is -2.30. The van der Waals surface area contributed by atoms with E-state index in [4.69, 9.17) is 16.3 Å². The van der Waals surface area contributed by atoms with Crippen LogP contribution in [0.25, 0.3) is 0 Å². The maximum atomic E-state index is 12.8. The molecule has 2 rings (SSSR count). The Kier molecular flexibility index (Phi) is 7.89. The molecule has 0 aliphatic heterocycles. The zero-order valence-corrected chi connectivity index (χ0v) is 18.5. The summed E-state index contributed by atoms with van der Waals surface area (Å²) in [4.78, 5) is 12.5. The van der Waals surface area contributed by atoms with E-state index in [1.165, 1.54) is 29.6 Å². The molecule has 2 aromatic carbocycles. The van der Waals surface area contributed by atoms with Crippen molar-refractivity contribution in [1.29, 1.82) is 0 Å². The highest BCUT2D eigenvalue weighted by atomic mass is 35.5. The fraction of sp³-hybridized carbons (Fsp3) is 0.350. The van der Waals surface area contributed by atoms with Gasteiger partial charge in [-0.25, -0.2) is 8.42 Å². The third-order valence-corrected chi connectivity index (χ3v) is 6.95. The molecule has 0 bridgehead atoms. The number of nitrogens with zero attached hydrogens (tertiary/aromatic N) is 1. The van der Waals surface area contributed by atoms with Gasteiger partial charge in [-0.2, -0.15) is 4.31 Å². The quantitative estimate of drug-likeness (QED) is 0.621. The number of hydrogen-bond donors (Lipinski definition) is 2. The molecular formula is C20H26ClN3O4S. The number of ether oxygens (including phenoxy) is 1. The Morgan fingerprint density at radius 2 is 1.83 bits per heavy atom. The van der Waals surface area contributed by atoms with Crippen LogP contribution in [0.5, 0.6) is 5.75 Å². The van der Waals surface area contributed by atoms with E-state index in [0.717, 1.165) is 11.3 Å². The molecule has 0 atom stereocenters. The van der Waals surface area contributed by atoms with Gasteiger partial charge in [-0.3, -0.25) is 4.79 Å². The first-order valence-electron chi connectivity index (χ1n) is 9.21. The number of anilines is 2. The second-order valence-electron chi connectivity index (χ2n) is 6.27. The van der Waals surface area contributed by atoms with E-state index in [1.54, 1.807) is 26.0 Å². The molecule has 0 saturated carbocycles. The molecule has 9 heteroatoms. The van der Waals surface area contributed by atoms with Crippen LogP contribution in [0, 0.1) is 6.92 Å². The van der Waals surface area contributed by atoms with Crippen LogP contribution in [0.15, 0.2) is 41.3 Å². The minimum Gasteiger partial charge on any atom is -0.495 e. The van der Waals surface area contributed by atoms with Crippen molar-refractivity contribution in [2.24, 2.45) is 0 Å². The number of nitrogens with one attached hydrogen (secondary N) is 2. The number of methoxy groups -OCH3 is 1. The number of carbonyl (C=O) groups is 1. The highest BCUT2D eigenvalue weighted by Crippen LogP contribution is 2.29. The lowest BCUT2D eigenvalue weighted by atomic mass is 10.2. The van der Waals surface area contributed by atoms with Gasteiger partial charge in [-0.05, 0) is 42.8 Å². The van der Waals surface area contributed by atoms with Crippen molar-refractivity contribution in [2.75, 3.05) is 37.4 Å². The topological polar surface area (TPSA) is 87.7 Å². The standard InChI is InChI=1S/C20H26ClN3O4S/c1-5-24(6-2)29(26,27)15-10-11-19(28-4)18(12-15)23-20(25)13-22-17-9-7-8-16(21)14(17)3/h7-12,22H,5-6,13H2,1-4H3,(H,23,25). The molecule has 158 valence electrons. The molecule has 7 nitrogen and oxygen atoms in total. The predicted octanol–water partition coefficient (Wildman–Crippen LogP) is 3.74. The normalized spacial score (nSPS) is 11.4. The molecular weight excluding hydrogens is 414 g/mol. The average molecular weight is 440 g/mol. The van der Waals surface area contributed by atoms with Gasteiger partial charge in [0, 0.05) is 23.8 Å². The molecule has 0 aliphatic carbocycles. The number of benzene rings is 2. The number of halogens is 1. The van der Waals surface area contributed by atoms with Crippen LogP contribution in [-0.2, 0) is 14.8 Å². The molecule has 0 aromatic heterocycles. The molecule has 2 aromatic rings. The average Bonchev–Trinajstić information content (AvgIpc) is 2.69. The molecule has 0 aliphatic rings. The molecule has 0 radical (unpaired) electrons. The first-order valence-corrected chi connectivity index (χ1v) is 11.0. The van der Waals surface area contributed by atoms with Gasteiger partial charge in [-0.1, -0.05) is 31.5 Å². The van der Waals surface area contributed by atoms with Gasteiger partial charge >= 0.3 is 0 Å². The molecule has 0 fully saturated rings. The lowest BCUT2D eigenvalue weighted by molar-refractivity contribution is -0.114. The van der Waals surface area contributed by atoms with Crippen LogP contribution in [0.3, 0.4) is 0 Å². The maximum absolute atomic E-state index is 12.8. The van der Waals surface area contributed by atoms with Crippen molar-refractivity contribution in [3.63, 3.8) is 0 Å². The fourth-order valence-corrected chi connectivity index (χ4v) is 4.49. The van der Waals surface area contributed by atoms with Gasteiger partial charge in [0.15, 0.2) is 0 Å². The van der Waals surface area contributed by atoms with Crippen molar-refractivity contribution >= 4 is 38.9 Å². The molecule has 2 N–H and O–H groups in total. The van der Waals surface area contributed by atoms with Crippen molar-refractivity contribution in [2.45, 2.75) is 25.7 Å². The molecule has 29 heavy (non-hydrogen) atoms. The van der Waals surface area contributed by atoms with Crippen LogP contribution in [-0.4, -0.2) is 45.4 Å². The van der Waals surface area contributed by atoms with Gasteiger partial charge in [0.1, 0.15) is 5.75 Å². The largest absolute Gasteiger partial charge is 0.495 e. The van der Waals surface area contributed by atoms with E-state index in [-0.39, 0.29) is 23.0 Å². The second kappa shape index (κ2) is 9.96. The minimum atomic E-state index is -3.65. The zero-order chi connectivity index (χ0) is 21.6. The SMILES string of the molecule is CCN(CC)S(=O)(=O)c1ccc(OC)c(NC(=O)CNc2cccc(Cl)c2C)c1. The first-order chi connectivity index (χ1) is 13.7. The number of carbonyl (C=O) groups excluding carboxylic acids is 1. The Morgan fingerprint density at radius 1 is 1.14 bits per heavy atom. The maximum Gasteiger partial charge on any atom is 0.243 e. The van der Waals surface area contributed by atoms with Crippen LogP contribution in [0.1, 0.15) is 19.4 Å². The van der Waals surface area contributed by atoms with E-state index < -0.39 is 10.0 Å². The number of amides is 1. The predicted molar refractivity (Wildman–Crippen MR) is 116 cm³/mol. The van der Waals surface area contributed by atoms with E-state index in [0.29, 0.717) is 23.9 Å². The number of hydrogen-bond acceptors (Lipinski definition) is 5. The van der Waals surface area contributed by atoms with Crippen LogP contribution >= 0.6 is 11.6 Å².